The van der Waals surface area contributed by atoms with E-state index in [0.717, 1.165) is 11.3 Å². The van der Waals surface area contributed by atoms with Crippen molar-refractivity contribution in [3.05, 3.63) is 40.9 Å². The summed E-state index contributed by atoms with van der Waals surface area (Å²) in [4.78, 5) is 0. The van der Waals surface area contributed by atoms with Crippen molar-refractivity contribution in [1.29, 1.82) is 0 Å². The molecule has 0 saturated heterocycles. The van der Waals surface area contributed by atoms with Gasteiger partial charge in [0.1, 0.15) is 11.5 Å². The van der Waals surface area contributed by atoms with Crippen LogP contribution in [0.1, 0.15) is 5.56 Å². The lowest BCUT2D eigenvalue weighted by molar-refractivity contribution is 0.352. The predicted octanol–water partition coefficient (Wildman–Crippen LogP) is 3.99. The maximum Gasteiger partial charge on any atom is 0.165 e. The quantitative estimate of drug-likeness (QED) is 0.828. The Morgan fingerprint density at radius 1 is 0.870 bits per heavy atom. The smallest absolute Gasteiger partial charge is 0.165 e. The van der Waals surface area contributed by atoms with Crippen molar-refractivity contribution in [3.63, 3.8) is 0 Å². The molecule has 2 aromatic rings. The van der Waals surface area contributed by atoms with Crippen LogP contribution in [0.2, 0.25) is 5.02 Å². The van der Waals surface area contributed by atoms with E-state index in [9.17, 15) is 0 Å². The maximum atomic E-state index is 6.18. The molecule has 2 rings (SSSR count). The van der Waals surface area contributed by atoms with Gasteiger partial charge in [0, 0.05) is 18.2 Å². The summed E-state index contributed by atoms with van der Waals surface area (Å²) in [7, 11) is 6.39. The molecule has 0 radical (unpaired) electrons. The van der Waals surface area contributed by atoms with Gasteiger partial charge in [-0.25, -0.2) is 0 Å². The van der Waals surface area contributed by atoms with Crippen molar-refractivity contribution in [1.82, 2.24) is 0 Å². The van der Waals surface area contributed by atoms with E-state index in [4.69, 9.17) is 30.5 Å². The van der Waals surface area contributed by atoms with Gasteiger partial charge in [-0.15, -0.1) is 0 Å². The Morgan fingerprint density at radius 3 is 2.17 bits per heavy atom. The van der Waals surface area contributed by atoms with Crippen LogP contribution >= 0.6 is 11.6 Å². The number of halogens is 1. The lowest BCUT2D eigenvalue weighted by atomic mass is 10.1. The summed E-state index contributed by atoms with van der Waals surface area (Å²) in [6, 6.07) is 9.25. The normalized spacial score (nSPS) is 10.1. The molecule has 0 atom stereocenters. The molecule has 0 amide bonds. The summed E-state index contributed by atoms with van der Waals surface area (Å²) in [6.07, 6.45) is 0. The van der Waals surface area contributed by atoms with Crippen molar-refractivity contribution >= 4 is 17.3 Å². The first-order valence-corrected chi connectivity index (χ1v) is 7.37. The average molecular weight is 338 g/mol. The highest BCUT2D eigenvalue weighted by atomic mass is 35.5. The van der Waals surface area contributed by atoms with Gasteiger partial charge in [0.05, 0.1) is 39.1 Å². The molecule has 2 aromatic carbocycles. The summed E-state index contributed by atoms with van der Waals surface area (Å²) in [5, 5.41) is 3.81. The number of ether oxygens (including phenoxy) is 4. The topological polar surface area (TPSA) is 49.0 Å². The minimum atomic E-state index is 0.508. The molecule has 0 heterocycles. The van der Waals surface area contributed by atoms with E-state index in [2.05, 4.69) is 5.32 Å². The lowest BCUT2D eigenvalue weighted by Crippen LogP contribution is -2.04. The highest BCUT2D eigenvalue weighted by Gasteiger charge is 2.12. The van der Waals surface area contributed by atoms with Crippen LogP contribution < -0.4 is 24.3 Å². The number of hydrogen-bond acceptors (Lipinski definition) is 5. The third-order valence-electron chi connectivity index (χ3n) is 3.43. The molecule has 0 aliphatic rings. The molecule has 0 aliphatic carbocycles. The number of hydrogen-bond donors (Lipinski definition) is 1. The third kappa shape index (κ3) is 3.74. The van der Waals surface area contributed by atoms with Gasteiger partial charge in [0.2, 0.25) is 0 Å². The number of nitrogens with one attached hydrogen (secondary N) is 1. The zero-order valence-electron chi connectivity index (χ0n) is 13.6. The molecular weight excluding hydrogens is 318 g/mol. The van der Waals surface area contributed by atoms with Crippen LogP contribution in [0.15, 0.2) is 30.3 Å². The first-order valence-electron chi connectivity index (χ1n) is 6.99. The molecule has 5 nitrogen and oxygen atoms in total. The van der Waals surface area contributed by atoms with Crippen molar-refractivity contribution < 1.29 is 18.9 Å². The molecular formula is C17H20ClNO4. The third-order valence-corrected chi connectivity index (χ3v) is 3.72. The molecule has 23 heavy (non-hydrogen) atoms. The van der Waals surface area contributed by atoms with Crippen molar-refractivity contribution in [2.45, 2.75) is 6.54 Å². The lowest BCUT2D eigenvalue weighted by Gasteiger charge is -2.16. The molecule has 1 N–H and O–H groups in total. The standard InChI is InChI=1S/C17H20ClNO4/c1-20-14-7-5-6-11(17(14)23-4)10-19-13-8-12(18)15(21-2)9-16(13)22-3/h5-9,19H,10H2,1-4H3. The van der Waals surface area contributed by atoms with E-state index in [-0.39, 0.29) is 0 Å². The number of anilines is 1. The van der Waals surface area contributed by atoms with Crippen molar-refractivity contribution in [3.8, 4) is 23.0 Å². The average Bonchev–Trinajstić information content (AvgIpc) is 2.59. The van der Waals surface area contributed by atoms with E-state index in [1.165, 1.54) is 0 Å². The van der Waals surface area contributed by atoms with Crippen LogP contribution in [0, 0.1) is 0 Å². The minimum absolute atomic E-state index is 0.508. The fourth-order valence-electron chi connectivity index (χ4n) is 2.28. The van der Waals surface area contributed by atoms with Crippen LogP contribution in [0.3, 0.4) is 0 Å². The molecule has 6 heteroatoms. The van der Waals surface area contributed by atoms with E-state index < -0.39 is 0 Å². The number of rotatable bonds is 7. The monoisotopic (exact) mass is 337 g/mol. The fraction of sp³-hybridized carbons (Fsp3) is 0.294. The van der Waals surface area contributed by atoms with Gasteiger partial charge < -0.3 is 24.3 Å². The minimum Gasteiger partial charge on any atom is -0.495 e. The first-order chi connectivity index (χ1) is 11.1. The van der Waals surface area contributed by atoms with Crippen LogP contribution in [0.5, 0.6) is 23.0 Å². The molecule has 0 aromatic heterocycles. The Kier molecular flexibility index (Phi) is 5.82. The number of benzene rings is 2. The van der Waals surface area contributed by atoms with Crippen LogP contribution in [-0.4, -0.2) is 28.4 Å². The van der Waals surface area contributed by atoms with Gasteiger partial charge in [0.15, 0.2) is 11.5 Å². The van der Waals surface area contributed by atoms with Gasteiger partial charge >= 0.3 is 0 Å². The van der Waals surface area contributed by atoms with Gasteiger partial charge in [-0.2, -0.15) is 0 Å². The van der Waals surface area contributed by atoms with Gasteiger partial charge in [-0.1, -0.05) is 23.7 Å². The summed E-state index contributed by atoms with van der Waals surface area (Å²) in [5.41, 5.74) is 1.73. The molecule has 0 unspecified atom stereocenters. The molecule has 0 bridgehead atoms. The molecule has 0 aliphatic heterocycles. The van der Waals surface area contributed by atoms with Crippen LogP contribution in [0.4, 0.5) is 5.69 Å². The van der Waals surface area contributed by atoms with Gasteiger partial charge in [-0.3, -0.25) is 0 Å². The van der Waals surface area contributed by atoms with E-state index >= 15 is 0 Å². The Balaban J connectivity index is 2.26. The van der Waals surface area contributed by atoms with Crippen LogP contribution in [0.25, 0.3) is 0 Å². The Bertz CT molecular complexity index is 676. The SMILES string of the molecule is COc1cc(OC)c(NCc2cccc(OC)c2OC)cc1Cl. The summed E-state index contributed by atoms with van der Waals surface area (Å²) in [5.74, 6) is 2.59. The second kappa shape index (κ2) is 7.83. The molecule has 0 fully saturated rings. The maximum absolute atomic E-state index is 6.18. The molecule has 124 valence electrons. The summed E-state index contributed by atoms with van der Waals surface area (Å²) in [6.45, 7) is 0.527. The van der Waals surface area contributed by atoms with E-state index in [0.29, 0.717) is 34.6 Å². The number of para-hydroxylation sites is 1. The van der Waals surface area contributed by atoms with Gasteiger partial charge in [0.25, 0.3) is 0 Å². The van der Waals surface area contributed by atoms with Crippen LogP contribution in [-0.2, 0) is 6.54 Å². The zero-order chi connectivity index (χ0) is 16.8. The first kappa shape index (κ1) is 17.1. The summed E-state index contributed by atoms with van der Waals surface area (Å²) < 4.78 is 21.3. The second-order valence-electron chi connectivity index (χ2n) is 4.69. The zero-order valence-corrected chi connectivity index (χ0v) is 14.4. The second-order valence-corrected chi connectivity index (χ2v) is 5.10. The predicted molar refractivity (Wildman–Crippen MR) is 91.4 cm³/mol. The highest BCUT2D eigenvalue weighted by Crippen LogP contribution is 2.37. The Hall–Kier alpha value is -2.27. The van der Waals surface area contributed by atoms with E-state index in [1.54, 1.807) is 40.6 Å². The Labute approximate surface area is 141 Å². The summed E-state index contributed by atoms with van der Waals surface area (Å²) >= 11 is 6.18. The Morgan fingerprint density at radius 2 is 1.57 bits per heavy atom. The van der Waals surface area contributed by atoms with Gasteiger partial charge in [-0.05, 0) is 12.1 Å². The highest BCUT2D eigenvalue weighted by molar-refractivity contribution is 6.32. The largest absolute Gasteiger partial charge is 0.495 e. The fourth-order valence-corrected chi connectivity index (χ4v) is 2.52. The number of methoxy groups -OCH3 is 4. The van der Waals surface area contributed by atoms with Crippen molar-refractivity contribution in [2.75, 3.05) is 33.8 Å². The van der Waals surface area contributed by atoms with E-state index in [1.807, 2.05) is 18.2 Å². The molecule has 0 saturated carbocycles. The molecule has 0 spiro atoms. The van der Waals surface area contributed by atoms with Crippen molar-refractivity contribution in [2.24, 2.45) is 0 Å².